The van der Waals surface area contributed by atoms with Crippen molar-refractivity contribution in [3.8, 4) is 34.3 Å². The van der Waals surface area contributed by atoms with Crippen LogP contribution < -0.4 is 4.74 Å². The van der Waals surface area contributed by atoms with Gasteiger partial charge in [-0.1, -0.05) is 84.0 Å². The molecule has 5 aromatic carbocycles. The second-order valence-electron chi connectivity index (χ2n) is 16.4. The molecule has 0 spiro atoms. The van der Waals surface area contributed by atoms with E-state index in [-0.39, 0.29) is 10.8 Å². The molecule has 0 saturated carbocycles. The van der Waals surface area contributed by atoms with Crippen LogP contribution in [0.3, 0.4) is 0 Å². The highest BCUT2D eigenvalue weighted by atomic mass is 16.5. The van der Waals surface area contributed by atoms with Gasteiger partial charge in [-0.2, -0.15) is 0 Å². The molecule has 0 aliphatic heterocycles. The van der Waals surface area contributed by atoms with Gasteiger partial charge in [-0.25, -0.2) is 4.98 Å². The lowest BCUT2D eigenvalue weighted by atomic mass is 9.87. The van der Waals surface area contributed by atoms with E-state index in [1.54, 1.807) is 0 Å². The number of aromatic nitrogens is 4. The van der Waals surface area contributed by atoms with E-state index in [0.29, 0.717) is 0 Å². The van der Waals surface area contributed by atoms with Gasteiger partial charge in [0.2, 0.25) is 0 Å². The molecule has 0 atom stereocenters. The Bertz CT molecular complexity index is 3040. The van der Waals surface area contributed by atoms with E-state index in [2.05, 4.69) is 166 Å². The molecule has 10 rings (SSSR count). The quantitative estimate of drug-likeness (QED) is 0.179. The second kappa shape index (κ2) is 11.5. The summed E-state index contributed by atoms with van der Waals surface area (Å²) >= 11 is 0. The average Bonchev–Trinajstić information content (AvgIpc) is 3.84. The summed E-state index contributed by atoms with van der Waals surface area (Å²) in [7, 11) is 0. The van der Waals surface area contributed by atoms with Gasteiger partial charge in [0.1, 0.15) is 28.3 Å². The maximum absolute atomic E-state index is 7.16. The number of nitrogens with zero attached hydrogens (tertiary/aromatic N) is 4. The first-order valence-corrected chi connectivity index (χ1v) is 18.6. The fourth-order valence-corrected chi connectivity index (χ4v) is 8.02. The average molecular weight is 705 g/mol. The van der Waals surface area contributed by atoms with Crippen LogP contribution in [0, 0.1) is 0 Å². The van der Waals surface area contributed by atoms with Gasteiger partial charge in [0.25, 0.3) is 0 Å². The molecule has 0 saturated heterocycles. The van der Waals surface area contributed by atoms with Gasteiger partial charge in [-0.3, -0.25) is 9.55 Å². The van der Waals surface area contributed by atoms with Crippen LogP contribution in [0.15, 0.2) is 138 Å². The largest absolute Gasteiger partial charge is 0.455 e. The van der Waals surface area contributed by atoms with Crippen molar-refractivity contribution in [2.24, 2.45) is 0 Å². The second-order valence-corrected chi connectivity index (χ2v) is 16.4. The van der Waals surface area contributed by atoms with E-state index in [4.69, 9.17) is 19.1 Å². The van der Waals surface area contributed by atoms with Crippen LogP contribution in [0.25, 0.3) is 77.5 Å². The van der Waals surface area contributed by atoms with E-state index in [1.165, 1.54) is 16.5 Å². The monoisotopic (exact) mass is 704 g/mol. The van der Waals surface area contributed by atoms with Crippen LogP contribution in [0.4, 0.5) is 0 Å². The van der Waals surface area contributed by atoms with E-state index < -0.39 is 0 Å². The molecule has 5 heterocycles. The molecule has 6 heteroatoms. The Morgan fingerprint density at radius 2 is 1.28 bits per heavy atom. The van der Waals surface area contributed by atoms with Crippen LogP contribution in [0.2, 0.25) is 0 Å². The minimum absolute atomic E-state index is 0.0221. The third-order valence-corrected chi connectivity index (χ3v) is 10.8. The zero-order valence-corrected chi connectivity index (χ0v) is 31.3. The molecule has 10 aromatic rings. The molecule has 5 aromatic heterocycles. The minimum Gasteiger partial charge on any atom is -0.455 e. The first-order chi connectivity index (χ1) is 26.0. The minimum atomic E-state index is -0.0513. The lowest BCUT2D eigenvalue weighted by molar-refractivity contribution is 0.487. The van der Waals surface area contributed by atoms with Crippen LogP contribution >= 0.6 is 0 Å². The van der Waals surface area contributed by atoms with Gasteiger partial charge in [0.15, 0.2) is 5.75 Å². The highest BCUT2D eigenvalue weighted by molar-refractivity contribution is 6.26. The SMILES string of the molecule is CC(C)(C)c1ccnc(-c2cc(Oc3ccc4c5ccccc5n(-c5cc(C(C)(C)C)ccn5)c4c3)c3c4c2oc2cccc(c24)n3-c2ccccc2)c1. The lowest BCUT2D eigenvalue weighted by Gasteiger charge is -2.20. The standard InChI is InChI=1S/C48H40N4O2/c1-47(2,3)29-21-23-49-36(25-29)35-28-41(45-44-43-38(17-12-18-40(43)54-46(35)44)51(45)31-13-8-7-9-14-31)53-32-19-20-34-33-15-10-11-16-37(33)52(39(34)27-32)42-26-30(22-24-50-42)48(4,5)6/h7-28H,1-6H3. The Morgan fingerprint density at radius 1 is 0.574 bits per heavy atom. The highest BCUT2D eigenvalue weighted by Gasteiger charge is 2.28. The molecule has 0 radical (unpaired) electrons. The lowest BCUT2D eigenvalue weighted by Crippen LogP contribution is -2.12. The summed E-state index contributed by atoms with van der Waals surface area (Å²) in [6.45, 7) is 13.4. The number of rotatable bonds is 5. The van der Waals surface area contributed by atoms with Gasteiger partial charge in [-0.05, 0) is 94.8 Å². The Hall–Kier alpha value is -6.40. The molecule has 0 unspecified atom stereocenters. The summed E-state index contributed by atoms with van der Waals surface area (Å²) < 4.78 is 18.4. The topological polar surface area (TPSA) is 58.0 Å². The number of pyridine rings is 2. The first-order valence-electron chi connectivity index (χ1n) is 18.6. The van der Waals surface area contributed by atoms with Crippen LogP contribution in [0.1, 0.15) is 52.7 Å². The summed E-state index contributed by atoms with van der Waals surface area (Å²) in [5.41, 5.74) is 10.9. The number of para-hydroxylation sites is 2. The Kier molecular flexibility index (Phi) is 6.90. The molecule has 0 aliphatic rings. The first kappa shape index (κ1) is 32.3. The van der Waals surface area contributed by atoms with E-state index >= 15 is 0 Å². The fourth-order valence-electron chi connectivity index (χ4n) is 8.02. The Morgan fingerprint density at radius 3 is 2.07 bits per heavy atom. The van der Waals surface area contributed by atoms with Crippen molar-refractivity contribution in [2.75, 3.05) is 0 Å². The summed E-state index contributed by atoms with van der Waals surface area (Å²) in [6.07, 6.45) is 3.81. The van der Waals surface area contributed by atoms with Gasteiger partial charge < -0.3 is 13.7 Å². The predicted molar refractivity (Wildman–Crippen MR) is 221 cm³/mol. The number of hydrogen-bond donors (Lipinski definition) is 0. The van der Waals surface area contributed by atoms with Crippen molar-refractivity contribution >= 4 is 54.8 Å². The van der Waals surface area contributed by atoms with Gasteiger partial charge in [0, 0.05) is 40.5 Å². The zero-order chi connectivity index (χ0) is 36.9. The number of hydrogen-bond acceptors (Lipinski definition) is 4. The summed E-state index contributed by atoms with van der Waals surface area (Å²) in [5, 5.41) is 4.41. The van der Waals surface area contributed by atoms with Crippen LogP contribution in [0.5, 0.6) is 11.5 Å². The third-order valence-electron chi connectivity index (χ3n) is 10.8. The predicted octanol–water partition coefficient (Wildman–Crippen LogP) is 12.9. The summed E-state index contributed by atoms with van der Waals surface area (Å²) in [4.78, 5) is 9.81. The fraction of sp³-hybridized carbons (Fsp3) is 0.167. The van der Waals surface area contributed by atoms with E-state index in [1.807, 2.05) is 18.5 Å². The van der Waals surface area contributed by atoms with Crippen LogP contribution in [-0.4, -0.2) is 19.1 Å². The molecule has 0 aliphatic carbocycles. The van der Waals surface area contributed by atoms with E-state index in [9.17, 15) is 0 Å². The Labute approximate surface area is 313 Å². The van der Waals surface area contributed by atoms with Crippen molar-refractivity contribution in [3.63, 3.8) is 0 Å². The number of fused-ring (bicyclic) bond motifs is 3. The van der Waals surface area contributed by atoms with Gasteiger partial charge in [0.05, 0.1) is 33.0 Å². The number of ether oxygens (including phenoxy) is 1. The molecule has 0 fully saturated rings. The molecule has 264 valence electrons. The molecule has 6 nitrogen and oxygen atoms in total. The van der Waals surface area contributed by atoms with Crippen molar-refractivity contribution in [2.45, 2.75) is 52.4 Å². The van der Waals surface area contributed by atoms with Gasteiger partial charge >= 0.3 is 0 Å². The molecule has 54 heavy (non-hydrogen) atoms. The van der Waals surface area contributed by atoms with Crippen molar-refractivity contribution in [1.29, 1.82) is 0 Å². The maximum atomic E-state index is 7.16. The smallest absolute Gasteiger partial charge is 0.153 e. The summed E-state index contributed by atoms with van der Waals surface area (Å²) in [5.74, 6) is 2.32. The third kappa shape index (κ3) is 4.93. The number of furan rings is 1. The van der Waals surface area contributed by atoms with Crippen molar-refractivity contribution < 1.29 is 9.15 Å². The summed E-state index contributed by atoms with van der Waals surface area (Å²) in [6, 6.07) is 42.4. The molecule has 0 N–H and O–H groups in total. The molecular formula is C48H40N4O2. The highest BCUT2D eigenvalue weighted by Crippen LogP contribution is 2.49. The normalized spacial score (nSPS) is 12.6. The Balaban J connectivity index is 1.24. The van der Waals surface area contributed by atoms with E-state index in [0.717, 1.165) is 83.7 Å². The zero-order valence-electron chi connectivity index (χ0n) is 31.3. The van der Waals surface area contributed by atoms with Crippen LogP contribution in [-0.2, 0) is 10.8 Å². The van der Waals surface area contributed by atoms with Crippen molar-refractivity contribution in [1.82, 2.24) is 19.1 Å². The van der Waals surface area contributed by atoms with Crippen molar-refractivity contribution in [3.05, 3.63) is 145 Å². The van der Waals surface area contributed by atoms with Gasteiger partial charge in [-0.15, -0.1) is 0 Å². The molecule has 0 amide bonds. The molecular weight excluding hydrogens is 665 g/mol. The molecule has 0 bridgehead atoms. The maximum Gasteiger partial charge on any atom is 0.153 e. The number of benzene rings is 5.